The Bertz CT molecular complexity index is 1720. The Balaban J connectivity index is 1.62. The lowest BCUT2D eigenvalue weighted by atomic mass is 9.76. The highest BCUT2D eigenvalue weighted by Crippen LogP contribution is 2.58. The normalized spacial score (nSPS) is 15.6. The molecule has 0 bridgehead atoms. The summed E-state index contributed by atoms with van der Waals surface area (Å²) in [4.78, 5) is 0. The van der Waals surface area contributed by atoms with Crippen molar-refractivity contribution in [2.24, 2.45) is 0 Å². The van der Waals surface area contributed by atoms with Gasteiger partial charge in [-0.05, 0) is 79.4 Å². The fraction of sp³-hybridized carbons (Fsp3) is 0.167. The third-order valence-corrected chi connectivity index (χ3v) is 9.04. The molecule has 0 amide bonds. The van der Waals surface area contributed by atoms with E-state index in [0.29, 0.717) is 0 Å². The van der Waals surface area contributed by atoms with E-state index in [9.17, 15) is 0 Å². The molecule has 0 aliphatic heterocycles. The Labute approximate surface area is 224 Å². The summed E-state index contributed by atoms with van der Waals surface area (Å²) >= 11 is 6.92. The van der Waals surface area contributed by atoms with Gasteiger partial charge >= 0.3 is 0 Å². The molecule has 180 valence electrons. The molecule has 2 aliphatic rings. The van der Waals surface area contributed by atoms with E-state index >= 15 is 0 Å². The highest BCUT2D eigenvalue weighted by molar-refractivity contribution is 6.34. The first-order valence-electron chi connectivity index (χ1n) is 13.1. The average Bonchev–Trinajstić information content (AvgIpc) is 3.29. The van der Waals surface area contributed by atoms with Crippen molar-refractivity contribution in [1.82, 2.24) is 0 Å². The van der Waals surface area contributed by atoms with Crippen LogP contribution in [0.5, 0.6) is 0 Å². The summed E-state index contributed by atoms with van der Waals surface area (Å²) in [5.74, 6) is 0. The maximum atomic E-state index is 6.92. The van der Waals surface area contributed by atoms with Gasteiger partial charge in [0.15, 0.2) is 0 Å². The third-order valence-electron chi connectivity index (χ3n) is 8.72. The second-order valence-corrected chi connectivity index (χ2v) is 11.9. The molecule has 2 aliphatic carbocycles. The largest absolute Gasteiger partial charge is 0.0837 e. The second-order valence-electron chi connectivity index (χ2n) is 11.5. The third kappa shape index (κ3) is 3.03. The number of fused-ring (bicyclic) bond motifs is 6. The quantitative estimate of drug-likeness (QED) is 0.228. The molecule has 0 fully saturated rings. The Kier molecular flexibility index (Phi) is 4.70. The van der Waals surface area contributed by atoms with Crippen LogP contribution in [0.1, 0.15) is 49.9 Å². The van der Waals surface area contributed by atoms with Crippen LogP contribution in [0.3, 0.4) is 0 Å². The van der Waals surface area contributed by atoms with Crippen LogP contribution in [0.15, 0.2) is 103 Å². The molecule has 0 atom stereocenters. The molecule has 0 unspecified atom stereocenters. The number of hydrogen-bond donors (Lipinski definition) is 0. The second kappa shape index (κ2) is 7.70. The molecule has 0 aromatic heterocycles. The first kappa shape index (κ1) is 22.6. The summed E-state index contributed by atoms with van der Waals surface area (Å²) in [6, 6.07) is 37.7. The standard InChI is InChI=1S/C36H29Cl/c1-35(2)28-16-9-8-14-25(28)32-24(15-10-17-29(32)35)26-20-23(22-12-6-5-7-13-22)21-27-33-30(18-11-19-31(33)37)36(3,4)34(26)27/h5-21H,1-4H3. The van der Waals surface area contributed by atoms with E-state index in [1.807, 2.05) is 6.07 Å². The molecule has 0 N–H and O–H groups in total. The topological polar surface area (TPSA) is 0 Å². The van der Waals surface area contributed by atoms with Crippen molar-refractivity contribution >= 4 is 11.6 Å². The van der Waals surface area contributed by atoms with Crippen molar-refractivity contribution in [3.8, 4) is 44.5 Å². The van der Waals surface area contributed by atoms with E-state index in [4.69, 9.17) is 11.6 Å². The predicted octanol–water partition coefficient (Wildman–Crippen LogP) is 10.3. The molecule has 0 heterocycles. The van der Waals surface area contributed by atoms with Crippen LogP contribution in [-0.4, -0.2) is 0 Å². The van der Waals surface area contributed by atoms with E-state index in [2.05, 4.69) is 125 Å². The van der Waals surface area contributed by atoms with Crippen LogP contribution in [0.2, 0.25) is 5.02 Å². The number of hydrogen-bond acceptors (Lipinski definition) is 0. The number of rotatable bonds is 2. The zero-order valence-corrected chi connectivity index (χ0v) is 22.4. The zero-order chi connectivity index (χ0) is 25.5. The van der Waals surface area contributed by atoms with Crippen molar-refractivity contribution < 1.29 is 0 Å². The summed E-state index contributed by atoms with van der Waals surface area (Å²) in [7, 11) is 0. The van der Waals surface area contributed by atoms with Gasteiger partial charge in [-0.2, -0.15) is 0 Å². The molecule has 5 aromatic rings. The highest BCUT2D eigenvalue weighted by Gasteiger charge is 2.41. The Hall–Kier alpha value is -3.61. The first-order chi connectivity index (χ1) is 17.8. The molecule has 0 nitrogen and oxygen atoms in total. The molecule has 0 spiro atoms. The van der Waals surface area contributed by atoms with Crippen LogP contribution >= 0.6 is 11.6 Å². The minimum absolute atomic E-state index is 0.0378. The average molecular weight is 497 g/mol. The highest BCUT2D eigenvalue weighted by atomic mass is 35.5. The lowest BCUT2D eigenvalue weighted by Gasteiger charge is -2.26. The SMILES string of the molecule is CC1(C)c2ccccc2-c2c(-c3cc(-c4ccccc4)cc4c3C(C)(C)c3cccc(Cl)c3-4)cccc21. The maximum absolute atomic E-state index is 6.92. The van der Waals surface area contributed by atoms with Crippen LogP contribution < -0.4 is 0 Å². The molecular formula is C36H29Cl. The maximum Gasteiger partial charge on any atom is 0.0487 e. The lowest BCUT2D eigenvalue weighted by Crippen LogP contribution is -2.17. The van der Waals surface area contributed by atoms with E-state index in [0.717, 1.165) is 5.02 Å². The summed E-state index contributed by atoms with van der Waals surface area (Å²) in [5.41, 5.74) is 15.5. The van der Waals surface area contributed by atoms with E-state index < -0.39 is 0 Å². The first-order valence-corrected chi connectivity index (χ1v) is 13.4. The minimum atomic E-state index is -0.170. The monoisotopic (exact) mass is 496 g/mol. The van der Waals surface area contributed by atoms with Gasteiger partial charge in [-0.25, -0.2) is 0 Å². The molecule has 0 saturated heterocycles. The summed E-state index contributed by atoms with van der Waals surface area (Å²) in [6.07, 6.45) is 0. The molecular weight excluding hydrogens is 468 g/mol. The van der Waals surface area contributed by atoms with Gasteiger partial charge in [-0.15, -0.1) is 0 Å². The van der Waals surface area contributed by atoms with Gasteiger partial charge in [0, 0.05) is 21.4 Å². The van der Waals surface area contributed by atoms with Crippen LogP contribution in [0.25, 0.3) is 44.5 Å². The van der Waals surface area contributed by atoms with Gasteiger partial charge < -0.3 is 0 Å². The van der Waals surface area contributed by atoms with Crippen molar-refractivity contribution in [3.05, 3.63) is 130 Å². The number of benzene rings is 5. The molecule has 37 heavy (non-hydrogen) atoms. The van der Waals surface area contributed by atoms with Crippen molar-refractivity contribution in [3.63, 3.8) is 0 Å². The van der Waals surface area contributed by atoms with Crippen molar-refractivity contribution in [1.29, 1.82) is 0 Å². The van der Waals surface area contributed by atoms with Gasteiger partial charge in [-0.1, -0.05) is 124 Å². The summed E-state index contributed by atoms with van der Waals surface area (Å²) in [6.45, 7) is 9.40. The zero-order valence-electron chi connectivity index (χ0n) is 21.7. The van der Waals surface area contributed by atoms with E-state index in [1.165, 1.54) is 66.8 Å². The minimum Gasteiger partial charge on any atom is -0.0837 e. The molecule has 7 rings (SSSR count). The van der Waals surface area contributed by atoms with Gasteiger partial charge in [-0.3, -0.25) is 0 Å². The fourth-order valence-corrected chi connectivity index (χ4v) is 7.23. The fourth-order valence-electron chi connectivity index (χ4n) is 6.95. The molecule has 0 saturated carbocycles. The van der Waals surface area contributed by atoms with Crippen LogP contribution in [-0.2, 0) is 10.8 Å². The van der Waals surface area contributed by atoms with Gasteiger partial charge in [0.1, 0.15) is 0 Å². The van der Waals surface area contributed by atoms with Gasteiger partial charge in [0.2, 0.25) is 0 Å². The van der Waals surface area contributed by atoms with Crippen LogP contribution in [0, 0.1) is 0 Å². The molecule has 1 heteroatoms. The van der Waals surface area contributed by atoms with Gasteiger partial charge in [0.05, 0.1) is 0 Å². The predicted molar refractivity (Wildman–Crippen MR) is 157 cm³/mol. The van der Waals surface area contributed by atoms with E-state index in [1.54, 1.807) is 0 Å². The summed E-state index contributed by atoms with van der Waals surface area (Å²) < 4.78 is 0. The van der Waals surface area contributed by atoms with Crippen molar-refractivity contribution in [2.45, 2.75) is 38.5 Å². The smallest absolute Gasteiger partial charge is 0.0487 e. The molecule has 5 aromatic carbocycles. The Morgan fingerprint density at radius 1 is 0.459 bits per heavy atom. The van der Waals surface area contributed by atoms with Crippen LogP contribution in [0.4, 0.5) is 0 Å². The Morgan fingerprint density at radius 3 is 1.84 bits per heavy atom. The number of halogens is 1. The Morgan fingerprint density at radius 2 is 1.05 bits per heavy atom. The molecule has 0 radical (unpaired) electrons. The lowest BCUT2D eigenvalue weighted by molar-refractivity contribution is 0.659. The van der Waals surface area contributed by atoms with Gasteiger partial charge in [0.25, 0.3) is 0 Å². The summed E-state index contributed by atoms with van der Waals surface area (Å²) in [5, 5.41) is 0.824. The van der Waals surface area contributed by atoms with Crippen molar-refractivity contribution in [2.75, 3.05) is 0 Å². The van der Waals surface area contributed by atoms with E-state index in [-0.39, 0.29) is 10.8 Å².